The molecule has 0 aliphatic carbocycles. The Labute approximate surface area is 80.6 Å². The maximum absolute atomic E-state index is 12.0. The minimum absolute atomic E-state index is 0.277. The van der Waals surface area contributed by atoms with Crippen molar-refractivity contribution >= 4 is 5.69 Å². The lowest BCUT2D eigenvalue weighted by atomic mass is 10.3. The number of rotatable bonds is 3. The van der Waals surface area contributed by atoms with Gasteiger partial charge in [-0.15, -0.1) is 0 Å². The van der Waals surface area contributed by atoms with E-state index in [1.807, 2.05) is 6.07 Å². The monoisotopic (exact) mass is 197 g/mol. The highest BCUT2D eigenvalue weighted by molar-refractivity contribution is 5.44. The molecule has 14 heavy (non-hydrogen) atoms. The van der Waals surface area contributed by atoms with E-state index in [4.69, 9.17) is 5.26 Å². The van der Waals surface area contributed by atoms with Gasteiger partial charge in [0.2, 0.25) is 0 Å². The normalized spacial score (nSPS) is 9.93. The van der Waals surface area contributed by atoms with Crippen molar-refractivity contribution in [2.75, 3.05) is 18.5 Å². The van der Waals surface area contributed by atoms with Gasteiger partial charge in [0.15, 0.2) is 0 Å². The number of halogens is 2. The third-order valence-corrected chi connectivity index (χ3v) is 1.72. The molecule has 0 amide bonds. The van der Waals surface area contributed by atoms with Crippen molar-refractivity contribution < 1.29 is 8.78 Å². The fraction of sp³-hybridized carbons (Fsp3) is 0.333. The average molecular weight is 197 g/mol. The number of pyridine rings is 1. The molecule has 0 saturated heterocycles. The number of alkyl halides is 2. The third kappa shape index (κ3) is 2.66. The predicted octanol–water partition coefficient (Wildman–Crippen LogP) is 1.65. The van der Waals surface area contributed by atoms with Crippen molar-refractivity contribution in [3.63, 3.8) is 0 Å². The van der Waals surface area contributed by atoms with E-state index in [0.29, 0.717) is 5.69 Å². The van der Waals surface area contributed by atoms with Gasteiger partial charge in [-0.05, 0) is 12.1 Å². The number of anilines is 1. The molecule has 5 heteroatoms. The van der Waals surface area contributed by atoms with Crippen LogP contribution >= 0.6 is 0 Å². The van der Waals surface area contributed by atoms with Crippen LogP contribution in [0.4, 0.5) is 14.5 Å². The van der Waals surface area contributed by atoms with Crippen LogP contribution in [0.2, 0.25) is 0 Å². The summed E-state index contributed by atoms with van der Waals surface area (Å²) in [5.74, 6) is 0. The molecule has 74 valence electrons. The van der Waals surface area contributed by atoms with Crippen molar-refractivity contribution in [2.24, 2.45) is 0 Å². The van der Waals surface area contributed by atoms with E-state index in [1.54, 1.807) is 13.1 Å². The lowest BCUT2D eigenvalue weighted by Crippen LogP contribution is -2.24. The second-order valence-corrected chi connectivity index (χ2v) is 2.79. The Balaban J connectivity index is 2.72. The molecule has 0 aliphatic rings. The minimum Gasteiger partial charge on any atom is -0.368 e. The summed E-state index contributed by atoms with van der Waals surface area (Å²) in [7, 11) is 1.55. The van der Waals surface area contributed by atoms with E-state index in [-0.39, 0.29) is 12.2 Å². The molecule has 0 radical (unpaired) electrons. The average Bonchev–Trinajstić information content (AvgIpc) is 2.17. The largest absolute Gasteiger partial charge is 0.368 e. The van der Waals surface area contributed by atoms with Gasteiger partial charge in [-0.2, -0.15) is 5.26 Å². The van der Waals surface area contributed by atoms with Gasteiger partial charge >= 0.3 is 0 Å². The summed E-state index contributed by atoms with van der Waals surface area (Å²) in [5.41, 5.74) is 0.850. The number of nitrogens with zero attached hydrogens (tertiary/aromatic N) is 3. The molecular weight excluding hydrogens is 188 g/mol. The van der Waals surface area contributed by atoms with Gasteiger partial charge in [0.05, 0.1) is 18.4 Å². The van der Waals surface area contributed by atoms with E-state index >= 15 is 0 Å². The van der Waals surface area contributed by atoms with E-state index in [2.05, 4.69) is 4.98 Å². The highest BCUT2D eigenvalue weighted by Crippen LogP contribution is 2.12. The van der Waals surface area contributed by atoms with Crippen LogP contribution < -0.4 is 4.90 Å². The highest BCUT2D eigenvalue weighted by Gasteiger charge is 2.08. The van der Waals surface area contributed by atoms with E-state index < -0.39 is 6.43 Å². The third-order valence-electron chi connectivity index (χ3n) is 1.72. The van der Waals surface area contributed by atoms with Crippen molar-refractivity contribution in [1.29, 1.82) is 5.26 Å². The molecule has 0 spiro atoms. The topological polar surface area (TPSA) is 39.9 Å². The molecule has 0 N–H and O–H groups in total. The SMILES string of the molecule is CN(CC(F)F)c1ccc(C#N)nc1. The summed E-state index contributed by atoms with van der Waals surface area (Å²) < 4.78 is 24.0. The van der Waals surface area contributed by atoms with Crippen LogP contribution in [-0.4, -0.2) is 25.0 Å². The van der Waals surface area contributed by atoms with Gasteiger partial charge in [-0.1, -0.05) is 0 Å². The van der Waals surface area contributed by atoms with E-state index in [0.717, 1.165) is 0 Å². The number of aromatic nitrogens is 1. The first-order valence-electron chi connectivity index (χ1n) is 3.99. The zero-order valence-electron chi connectivity index (χ0n) is 7.61. The summed E-state index contributed by atoms with van der Waals surface area (Å²) in [6.07, 6.45) is -0.975. The first-order chi connectivity index (χ1) is 6.63. The second-order valence-electron chi connectivity index (χ2n) is 2.79. The Kier molecular flexibility index (Phi) is 3.35. The van der Waals surface area contributed by atoms with Gasteiger partial charge in [0.25, 0.3) is 6.43 Å². The highest BCUT2D eigenvalue weighted by atomic mass is 19.3. The molecule has 1 aromatic heterocycles. The van der Waals surface area contributed by atoms with Crippen LogP contribution in [0.5, 0.6) is 0 Å². The molecular formula is C9H9F2N3. The summed E-state index contributed by atoms with van der Waals surface area (Å²) in [6.45, 7) is -0.340. The van der Waals surface area contributed by atoms with Crippen LogP contribution in [0.15, 0.2) is 18.3 Å². The molecule has 3 nitrogen and oxygen atoms in total. The lowest BCUT2D eigenvalue weighted by Gasteiger charge is -2.17. The summed E-state index contributed by atoms with van der Waals surface area (Å²) in [5, 5.41) is 8.47. The van der Waals surface area contributed by atoms with E-state index in [9.17, 15) is 8.78 Å². The predicted molar refractivity (Wildman–Crippen MR) is 48.2 cm³/mol. The molecule has 0 aliphatic heterocycles. The molecule has 0 saturated carbocycles. The fourth-order valence-corrected chi connectivity index (χ4v) is 0.990. The Morgan fingerprint density at radius 3 is 2.71 bits per heavy atom. The molecule has 1 aromatic rings. The lowest BCUT2D eigenvalue weighted by molar-refractivity contribution is 0.156. The number of hydrogen-bond donors (Lipinski definition) is 0. The zero-order valence-corrected chi connectivity index (χ0v) is 7.61. The van der Waals surface area contributed by atoms with Gasteiger partial charge in [-0.3, -0.25) is 0 Å². The van der Waals surface area contributed by atoms with Gasteiger partial charge in [0.1, 0.15) is 11.8 Å². The van der Waals surface area contributed by atoms with Crippen molar-refractivity contribution in [3.05, 3.63) is 24.0 Å². The van der Waals surface area contributed by atoms with Crippen LogP contribution in [0.3, 0.4) is 0 Å². The Morgan fingerprint density at radius 2 is 2.29 bits per heavy atom. The summed E-state index contributed by atoms with van der Waals surface area (Å²) in [4.78, 5) is 5.17. The van der Waals surface area contributed by atoms with Crippen LogP contribution in [0.25, 0.3) is 0 Å². The summed E-state index contributed by atoms with van der Waals surface area (Å²) in [6, 6.07) is 4.94. The number of nitriles is 1. The Morgan fingerprint density at radius 1 is 1.57 bits per heavy atom. The van der Waals surface area contributed by atoms with Crippen LogP contribution in [-0.2, 0) is 0 Å². The maximum Gasteiger partial charge on any atom is 0.255 e. The van der Waals surface area contributed by atoms with Gasteiger partial charge < -0.3 is 4.90 Å². The van der Waals surface area contributed by atoms with Crippen molar-refractivity contribution in [1.82, 2.24) is 4.98 Å². The number of hydrogen-bond acceptors (Lipinski definition) is 3. The fourth-order valence-electron chi connectivity index (χ4n) is 0.990. The standard InChI is InChI=1S/C9H9F2N3/c1-14(6-9(10)11)8-3-2-7(4-12)13-5-8/h2-3,5,9H,6H2,1H3. The first-order valence-corrected chi connectivity index (χ1v) is 3.99. The molecule has 0 fully saturated rings. The zero-order chi connectivity index (χ0) is 10.6. The molecule has 0 atom stereocenters. The first kappa shape index (κ1) is 10.4. The van der Waals surface area contributed by atoms with Crippen molar-refractivity contribution in [2.45, 2.75) is 6.43 Å². The second kappa shape index (κ2) is 4.51. The maximum atomic E-state index is 12.0. The molecule has 0 unspecified atom stereocenters. The van der Waals surface area contributed by atoms with Gasteiger partial charge in [-0.25, -0.2) is 13.8 Å². The quantitative estimate of drug-likeness (QED) is 0.739. The molecule has 1 heterocycles. The molecule has 0 aromatic carbocycles. The van der Waals surface area contributed by atoms with E-state index in [1.165, 1.54) is 17.2 Å². The summed E-state index contributed by atoms with van der Waals surface area (Å²) >= 11 is 0. The molecule has 0 bridgehead atoms. The molecule has 1 rings (SSSR count). The Bertz CT molecular complexity index is 329. The Hall–Kier alpha value is -1.70. The van der Waals surface area contributed by atoms with Crippen LogP contribution in [0.1, 0.15) is 5.69 Å². The minimum atomic E-state index is -2.38. The van der Waals surface area contributed by atoms with Gasteiger partial charge in [0, 0.05) is 7.05 Å². The van der Waals surface area contributed by atoms with Crippen molar-refractivity contribution in [3.8, 4) is 6.07 Å². The van der Waals surface area contributed by atoms with Crippen LogP contribution in [0, 0.1) is 11.3 Å². The smallest absolute Gasteiger partial charge is 0.255 e.